The number of amides is 1. The number of nitriles is 1. The van der Waals surface area contributed by atoms with E-state index in [4.69, 9.17) is 16.3 Å². The van der Waals surface area contributed by atoms with Gasteiger partial charge in [0.25, 0.3) is 5.91 Å². The van der Waals surface area contributed by atoms with Crippen LogP contribution in [0.4, 0.5) is 5.00 Å². The molecule has 0 spiro atoms. The van der Waals surface area contributed by atoms with Gasteiger partial charge in [-0.3, -0.25) is 4.79 Å². The number of hydrogen-bond acceptors (Lipinski definition) is 5. The number of ether oxygens (including phenoxy) is 1. The zero-order chi connectivity index (χ0) is 18.3. The van der Waals surface area contributed by atoms with Gasteiger partial charge in [0, 0.05) is 36.1 Å². The van der Waals surface area contributed by atoms with E-state index in [1.165, 1.54) is 11.3 Å². The van der Waals surface area contributed by atoms with Crippen molar-refractivity contribution in [2.45, 2.75) is 12.8 Å². The van der Waals surface area contributed by atoms with Crippen LogP contribution >= 0.6 is 22.9 Å². The van der Waals surface area contributed by atoms with Gasteiger partial charge in [0.1, 0.15) is 11.1 Å². The number of nitrogens with one attached hydrogen (secondary N) is 1. The summed E-state index contributed by atoms with van der Waals surface area (Å²) in [5, 5.41) is 14.5. The molecule has 0 radical (unpaired) electrons. The minimum absolute atomic E-state index is 0.0423. The molecule has 2 aliphatic heterocycles. The van der Waals surface area contributed by atoms with Crippen molar-refractivity contribution in [3.63, 3.8) is 0 Å². The summed E-state index contributed by atoms with van der Waals surface area (Å²) in [5.74, 6) is -0.137. The van der Waals surface area contributed by atoms with E-state index in [1.807, 2.05) is 25.1 Å². The second-order valence-electron chi connectivity index (χ2n) is 6.51. The Bertz CT molecular complexity index is 912. The van der Waals surface area contributed by atoms with Gasteiger partial charge in [0.2, 0.25) is 0 Å². The molecule has 2 aliphatic rings. The van der Waals surface area contributed by atoms with E-state index in [1.54, 1.807) is 0 Å². The van der Waals surface area contributed by atoms with Gasteiger partial charge >= 0.3 is 0 Å². The molecule has 4 rings (SSSR count). The highest BCUT2D eigenvalue weighted by Crippen LogP contribution is 2.44. The van der Waals surface area contributed by atoms with Gasteiger partial charge in [-0.05, 0) is 24.1 Å². The zero-order valence-electron chi connectivity index (χ0n) is 14.3. The average molecular weight is 388 g/mol. The number of thiophene rings is 1. The number of morpholine rings is 1. The van der Waals surface area contributed by atoms with Crippen LogP contribution in [0.15, 0.2) is 18.2 Å². The number of benzene rings is 1. The van der Waals surface area contributed by atoms with Crippen molar-refractivity contribution < 1.29 is 9.53 Å². The third-order valence-electron chi connectivity index (χ3n) is 4.94. The van der Waals surface area contributed by atoms with Gasteiger partial charge in [0.15, 0.2) is 0 Å². The first-order valence-electron chi connectivity index (χ1n) is 8.54. The number of aryl methyl sites for hydroxylation is 1. The predicted octanol–water partition coefficient (Wildman–Crippen LogP) is 3.29. The van der Waals surface area contributed by atoms with Crippen molar-refractivity contribution in [3.05, 3.63) is 50.4 Å². The Labute approximate surface area is 161 Å². The molecule has 1 fully saturated rings. The highest BCUT2D eigenvalue weighted by Gasteiger charge is 2.35. The molecule has 3 heterocycles. The van der Waals surface area contributed by atoms with Crippen LogP contribution in [0.1, 0.15) is 37.8 Å². The molecule has 2 aromatic rings. The largest absolute Gasteiger partial charge is 0.378 e. The van der Waals surface area contributed by atoms with E-state index in [0.717, 1.165) is 34.8 Å². The maximum atomic E-state index is 12.5. The summed E-state index contributed by atoms with van der Waals surface area (Å²) in [5.41, 5.74) is 3.53. The average Bonchev–Trinajstić information content (AvgIpc) is 3.06. The summed E-state index contributed by atoms with van der Waals surface area (Å²) in [6, 6.07) is 8.27. The minimum atomic E-state index is -0.0945. The maximum absolute atomic E-state index is 12.5. The maximum Gasteiger partial charge on any atom is 0.261 e. The van der Waals surface area contributed by atoms with Crippen LogP contribution in [0.25, 0.3) is 0 Å². The topological polar surface area (TPSA) is 65.4 Å². The van der Waals surface area contributed by atoms with Crippen LogP contribution < -0.4 is 10.2 Å². The molecule has 0 bridgehead atoms. The standard InChI is InChI=1S/C19H18ClN3O2S/c1-11-8-12(2-3-15(11)20)14-10-22-18(24)17-16(14)13(9-21)19(26-17)23-4-6-25-7-5-23/h2-3,8,14H,4-7,10H2,1H3,(H,22,24). The monoisotopic (exact) mass is 387 g/mol. The Morgan fingerprint density at radius 3 is 2.85 bits per heavy atom. The summed E-state index contributed by atoms with van der Waals surface area (Å²) in [6.45, 7) is 5.20. The lowest BCUT2D eigenvalue weighted by atomic mass is 9.86. The van der Waals surface area contributed by atoms with Crippen molar-refractivity contribution in [1.29, 1.82) is 5.26 Å². The molecular weight excluding hydrogens is 370 g/mol. The molecule has 1 unspecified atom stereocenters. The number of fused-ring (bicyclic) bond motifs is 1. The van der Waals surface area contributed by atoms with Crippen LogP contribution in [-0.2, 0) is 4.74 Å². The predicted molar refractivity (Wildman–Crippen MR) is 102 cm³/mol. The first kappa shape index (κ1) is 17.3. The van der Waals surface area contributed by atoms with E-state index in [9.17, 15) is 10.1 Å². The number of carbonyl (C=O) groups excluding carboxylic acids is 1. The molecule has 1 saturated heterocycles. The first-order chi connectivity index (χ1) is 12.6. The van der Waals surface area contributed by atoms with E-state index >= 15 is 0 Å². The van der Waals surface area contributed by atoms with Gasteiger partial charge in [-0.1, -0.05) is 23.7 Å². The Morgan fingerprint density at radius 2 is 2.15 bits per heavy atom. The fraction of sp³-hybridized carbons (Fsp3) is 0.368. The van der Waals surface area contributed by atoms with Crippen LogP contribution in [0.5, 0.6) is 0 Å². The van der Waals surface area contributed by atoms with Crippen molar-refractivity contribution >= 4 is 33.8 Å². The van der Waals surface area contributed by atoms with Crippen LogP contribution in [0, 0.1) is 18.3 Å². The minimum Gasteiger partial charge on any atom is -0.378 e. The lowest BCUT2D eigenvalue weighted by Crippen LogP contribution is -2.36. The van der Waals surface area contributed by atoms with Crippen LogP contribution in [0.2, 0.25) is 5.02 Å². The van der Waals surface area contributed by atoms with Crippen molar-refractivity contribution in [3.8, 4) is 6.07 Å². The van der Waals surface area contributed by atoms with Gasteiger partial charge in [-0.15, -0.1) is 11.3 Å². The van der Waals surface area contributed by atoms with E-state index in [0.29, 0.717) is 35.2 Å². The Hall–Kier alpha value is -2.07. The number of hydrogen-bond donors (Lipinski definition) is 1. The second-order valence-corrected chi connectivity index (χ2v) is 7.91. The van der Waals surface area contributed by atoms with Gasteiger partial charge in [0.05, 0.1) is 23.7 Å². The molecule has 26 heavy (non-hydrogen) atoms. The number of halogens is 1. The number of rotatable bonds is 2. The highest BCUT2D eigenvalue weighted by atomic mass is 35.5. The van der Waals surface area contributed by atoms with Gasteiger partial charge in [-0.2, -0.15) is 5.26 Å². The van der Waals surface area contributed by atoms with Crippen LogP contribution in [-0.4, -0.2) is 38.8 Å². The molecule has 134 valence electrons. The molecule has 0 saturated carbocycles. The number of carbonyl (C=O) groups is 1. The third kappa shape index (κ3) is 2.86. The SMILES string of the molecule is Cc1cc(C2CNC(=O)c3sc(N4CCOCC4)c(C#N)c32)ccc1Cl. The van der Waals surface area contributed by atoms with Crippen molar-refractivity contribution in [2.75, 3.05) is 37.7 Å². The Kier molecular flexibility index (Phi) is 4.62. The van der Waals surface area contributed by atoms with E-state index in [2.05, 4.69) is 16.3 Å². The molecule has 1 aromatic heterocycles. The lowest BCUT2D eigenvalue weighted by Gasteiger charge is -2.28. The van der Waals surface area contributed by atoms with Crippen molar-refractivity contribution in [1.82, 2.24) is 5.32 Å². The summed E-state index contributed by atoms with van der Waals surface area (Å²) in [4.78, 5) is 15.3. The third-order valence-corrected chi connectivity index (χ3v) is 6.63. The van der Waals surface area contributed by atoms with Crippen molar-refractivity contribution in [2.24, 2.45) is 0 Å². The molecule has 1 N–H and O–H groups in total. The van der Waals surface area contributed by atoms with E-state index in [-0.39, 0.29) is 11.8 Å². The smallest absolute Gasteiger partial charge is 0.261 e. The fourth-order valence-electron chi connectivity index (χ4n) is 3.58. The summed E-state index contributed by atoms with van der Waals surface area (Å²) >= 11 is 7.59. The summed E-state index contributed by atoms with van der Waals surface area (Å²) in [6.07, 6.45) is 0. The normalized spacial score (nSPS) is 19.7. The molecule has 7 heteroatoms. The Balaban J connectivity index is 1.84. The van der Waals surface area contributed by atoms with E-state index < -0.39 is 0 Å². The molecule has 5 nitrogen and oxygen atoms in total. The summed E-state index contributed by atoms with van der Waals surface area (Å²) < 4.78 is 5.42. The molecular formula is C19H18ClN3O2S. The lowest BCUT2D eigenvalue weighted by molar-refractivity contribution is 0.0947. The molecule has 1 aromatic carbocycles. The number of anilines is 1. The molecule has 1 atom stereocenters. The summed E-state index contributed by atoms with van der Waals surface area (Å²) in [7, 11) is 0. The molecule has 1 amide bonds. The zero-order valence-corrected chi connectivity index (χ0v) is 15.9. The van der Waals surface area contributed by atoms with Crippen LogP contribution in [0.3, 0.4) is 0 Å². The highest BCUT2D eigenvalue weighted by molar-refractivity contribution is 7.18. The van der Waals surface area contributed by atoms with Gasteiger partial charge < -0.3 is 15.0 Å². The quantitative estimate of drug-likeness (QED) is 0.858. The first-order valence-corrected chi connectivity index (χ1v) is 9.73. The Morgan fingerprint density at radius 1 is 1.38 bits per heavy atom. The second kappa shape index (κ2) is 6.92. The molecule has 0 aliphatic carbocycles. The number of nitrogens with zero attached hydrogens (tertiary/aromatic N) is 2. The van der Waals surface area contributed by atoms with Gasteiger partial charge in [-0.25, -0.2) is 0 Å². The fourth-order valence-corrected chi connectivity index (χ4v) is 4.98.